The Balaban J connectivity index is 3.34. The summed E-state index contributed by atoms with van der Waals surface area (Å²) in [5.41, 5.74) is -2.70. The van der Waals surface area contributed by atoms with Crippen LogP contribution in [0, 0.1) is 17.2 Å². The first-order valence-electron chi connectivity index (χ1n) is 6.15. The van der Waals surface area contributed by atoms with Gasteiger partial charge in [-0.1, -0.05) is 25.4 Å². The minimum absolute atomic E-state index is 0.387. The number of halogens is 4. The Labute approximate surface area is 131 Å². The lowest BCUT2D eigenvalue weighted by Gasteiger charge is -2.27. The van der Waals surface area contributed by atoms with Crippen LogP contribution in [0.1, 0.15) is 26.3 Å². The van der Waals surface area contributed by atoms with E-state index in [9.17, 15) is 21.6 Å². The van der Waals surface area contributed by atoms with Crippen molar-refractivity contribution >= 4 is 21.6 Å². The molecule has 1 atom stereocenters. The summed E-state index contributed by atoms with van der Waals surface area (Å²) in [7, 11) is -4.31. The van der Waals surface area contributed by atoms with Crippen LogP contribution in [0.2, 0.25) is 5.02 Å². The number of rotatable bonds is 4. The fourth-order valence-corrected chi connectivity index (χ4v) is 3.20. The topological polar surface area (TPSA) is 70.0 Å². The van der Waals surface area contributed by atoms with Gasteiger partial charge in [-0.25, -0.2) is 8.42 Å². The summed E-state index contributed by atoms with van der Waals surface area (Å²) in [5.74, 6) is -0.387. The molecule has 1 rings (SSSR count). The third-order valence-corrected chi connectivity index (χ3v) is 5.18. The summed E-state index contributed by atoms with van der Waals surface area (Å²) >= 11 is 5.45. The van der Waals surface area contributed by atoms with Gasteiger partial charge in [-0.2, -0.15) is 23.2 Å². The SMILES string of the molecule is CC(C)[C@@](C)(C#N)NS(=O)(=O)c1ccc(Cl)c(C(F)(F)F)c1. The molecule has 0 heterocycles. The van der Waals surface area contributed by atoms with Gasteiger partial charge in [0.25, 0.3) is 0 Å². The lowest BCUT2D eigenvalue weighted by atomic mass is 9.92. The monoisotopic (exact) mass is 354 g/mol. The molecule has 0 aliphatic heterocycles. The summed E-state index contributed by atoms with van der Waals surface area (Å²) in [5, 5.41) is 8.52. The van der Waals surface area contributed by atoms with Crippen LogP contribution in [0.3, 0.4) is 0 Å². The van der Waals surface area contributed by atoms with E-state index >= 15 is 0 Å². The number of hydrogen-bond acceptors (Lipinski definition) is 3. The molecule has 0 radical (unpaired) electrons. The van der Waals surface area contributed by atoms with Crippen LogP contribution in [0.5, 0.6) is 0 Å². The van der Waals surface area contributed by atoms with E-state index in [0.717, 1.165) is 12.1 Å². The van der Waals surface area contributed by atoms with Crippen LogP contribution in [0.25, 0.3) is 0 Å². The molecule has 1 N–H and O–H groups in total. The van der Waals surface area contributed by atoms with Crippen molar-refractivity contribution in [1.82, 2.24) is 4.72 Å². The van der Waals surface area contributed by atoms with Gasteiger partial charge in [0.2, 0.25) is 10.0 Å². The van der Waals surface area contributed by atoms with Crippen LogP contribution in [0.15, 0.2) is 23.1 Å². The Morgan fingerprint density at radius 2 is 1.86 bits per heavy atom. The van der Waals surface area contributed by atoms with Crippen molar-refractivity contribution in [2.24, 2.45) is 5.92 Å². The number of benzene rings is 1. The Morgan fingerprint density at radius 3 is 2.27 bits per heavy atom. The summed E-state index contributed by atoms with van der Waals surface area (Å²) < 4.78 is 65.0. The number of nitriles is 1. The molecule has 0 saturated heterocycles. The molecule has 122 valence electrons. The van der Waals surface area contributed by atoms with Crippen molar-refractivity contribution in [3.63, 3.8) is 0 Å². The highest BCUT2D eigenvalue weighted by atomic mass is 35.5. The molecule has 0 spiro atoms. The first-order valence-corrected chi connectivity index (χ1v) is 8.01. The minimum atomic E-state index is -4.78. The molecule has 0 fully saturated rings. The zero-order chi connectivity index (χ0) is 17.3. The lowest BCUT2D eigenvalue weighted by Crippen LogP contribution is -2.48. The van der Waals surface area contributed by atoms with Crippen molar-refractivity contribution < 1.29 is 21.6 Å². The summed E-state index contributed by atoms with van der Waals surface area (Å²) in [6.45, 7) is 4.60. The van der Waals surface area contributed by atoms with Crippen molar-refractivity contribution in [3.8, 4) is 6.07 Å². The molecular formula is C13H14ClF3N2O2S. The number of nitrogens with one attached hydrogen (secondary N) is 1. The van der Waals surface area contributed by atoms with Gasteiger partial charge in [0.05, 0.1) is 21.6 Å². The molecule has 4 nitrogen and oxygen atoms in total. The van der Waals surface area contributed by atoms with E-state index in [-0.39, 0.29) is 5.92 Å². The lowest BCUT2D eigenvalue weighted by molar-refractivity contribution is -0.137. The Morgan fingerprint density at radius 1 is 1.32 bits per heavy atom. The summed E-state index contributed by atoms with van der Waals surface area (Å²) in [4.78, 5) is -0.605. The van der Waals surface area contributed by atoms with Gasteiger partial charge < -0.3 is 0 Å². The molecule has 0 aromatic heterocycles. The highest BCUT2D eigenvalue weighted by Crippen LogP contribution is 2.36. The van der Waals surface area contributed by atoms with Crippen molar-refractivity contribution in [2.45, 2.75) is 37.4 Å². The van der Waals surface area contributed by atoms with Crippen LogP contribution in [0.4, 0.5) is 13.2 Å². The second kappa shape index (κ2) is 6.07. The van der Waals surface area contributed by atoms with Gasteiger partial charge in [0, 0.05) is 0 Å². The third kappa shape index (κ3) is 3.91. The highest BCUT2D eigenvalue weighted by Gasteiger charge is 2.37. The number of alkyl halides is 3. The summed E-state index contributed by atoms with van der Waals surface area (Å²) in [6.07, 6.45) is -4.78. The first kappa shape index (κ1) is 18.7. The predicted molar refractivity (Wildman–Crippen MR) is 75.6 cm³/mol. The largest absolute Gasteiger partial charge is 0.417 e. The zero-order valence-electron chi connectivity index (χ0n) is 12.0. The maximum absolute atomic E-state index is 12.8. The molecular weight excluding hydrogens is 341 g/mol. The molecule has 0 saturated carbocycles. The molecule has 22 heavy (non-hydrogen) atoms. The van der Waals surface area contributed by atoms with Gasteiger partial charge in [-0.05, 0) is 31.0 Å². The average molecular weight is 355 g/mol. The molecule has 1 aromatic carbocycles. The Hall–Kier alpha value is -1.30. The van der Waals surface area contributed by atoms with Gasteiger partial charge in [0.1, 0.15) is 5.54 Å². The van der Waals surface area contributed by atoms with Crippen molar-refractivity contribution in [1.29, 1.82) is 5.26 Å². The van der Waals surface area contributed by atoms with Crippen LogP contribution >= 0.6 is 11.6 Å². The third-order valence-electron chi connectivity index (χ3n) is 3.29. The van der Waals surface area contributed by atoms with Crippen LogP contribution in [-0.2, 0) is 16.2 Å². The quantitative estimate of drug-likeness (QED) is 0.898. The predicted octanol–water partition coefficient (Wildman–Crippen LogP) is 3.58. The normalized spacial score (nSPS) is 15.4. The maximum atomic E-state index is 12.8. The highest BCUT2D eigenvalue weighted by molar-refractivity contribution is 7.89. The van der Waals surface area contributed by atoms with E-state index in [1.807, 2.05) is 6.07 Å². The van der Waals surface area contributed by atoms with E-state index < -0.39 is 37.2 Å². The average Bonchev–Trinajstić information content (AvgIpc) is 2.36. The molecule has 0 amide bonds. The number of hydrogen-bond donors (Lipinski definition) is 1. The van der Waals surface area contributed by atoms with Gasteiger partial charge in [-0.15, -0.1) is 0 Å². The second-order valence-corrected chi connectivity index (χ2v) is 7.30. The second-order valence-electron chi connectivity index (χ2n) is 5.21. The van der Waals surface area contributed by atoms with E-state index in [2.05, 4.69) is 4.72 Å². The molecule has 9 heteroatoms. The van der Waals surface area contributed by atoms with E-state index in [1.54, 1.807) is 13.8 Å². The van der Waals surface area contributed by atoms with E-state index in [0.29, 0.717) is 6.07 Å². The van der Waals surface area contributed by atoms with Crippen molar-refractivity contribution in [2.75, 3.05) is 0 Å². The maximum Gasteiger partial charge on any atom is 0.417 e. The summed E-state index contributed by atoms with van der Waals surface area (Å²) in [6, 6.07) is 4.08. The molecule has 0 unspecified atom stereocenters. The van der Waals surface area contributed by atoms with E-state index in [1.165, 1.54) is 6.92 Å². The van der Waals surface area contributed by atoms with Crippen molar-refractivity contribution in [3.05, 3.63) is 28.8 Å². The van der Waals surface area contributed by atoms with Crippen LogP contribution in [-0.4, -0.2) is 14.0 Å². The smallest absolute Gasteiger partial charge is 0.207 e. The zero-order valence-corrected chi connectivity index (χ0v) is 13.6. The Bertz CT molecular complexity index is 711. The number of nitrogens with zero attached hydrogens (tertiary/aromatic N) is 1. The fourth-order valence-electron chi connectivity index (χ4n) is 1.50. The standard InChI is InChI=1S/C13H14ClF3N2O2S/c1-8(2)12(3,7-18)19-22(20,21)9-4-5-11(14)10(6-9)13(15,16)17/h4-6,8,19H,1-3H3/t12-/m1/s1. The van der Waals surface area contributed by atoms with Gasteiger partial charge in [-0.3, -0.25) is 0 Å². The first-order chi connectivity index (χ1) is 9.83. The minimum Gasteiger partial charge on any atom is -0.207 e. The molecule has 0 bridgehead atoms. The number of sulfonamides is 1. The fraction of sp³-hybridized carbons (Fsp3) is 0.462. The molecule has 1 aromatic rings. The van der Waals surface area contributed by atoms with E-state index in [4.69, 9.17) is 16.9 Å². The molecule has 0 aliphatic rings. The van der Waals surface area contributed by atoms with Crippen LogP contribution < -0.4 is 4.72 Å². The molecule has 0 aliphatic carbocycles. The van der Waals surface area contributed by atoms with Gasteiger partial charge >= 0.3 is 6.18 Å². The van der Waals surface area contributed by atoms with Gasteiger partial charge in [0.15, 0.2) is 0 Å². The Kier molecular flexibility index (Phi) is 5.17.